The normalized spacial score (nSPS) is 17.2. The average Bonchev–Trinajstić information content (AvgIpc) is 3.12. The third kappa shape index (κ3) is 4.75. The molecule has 27 heavy (non-hydrogen) atoms. The first-order valence-corrected chi connectivity index (χ1v) is 10.3. The van der Waals surface area contributed by atoms with Crippen LogP contribution in [-0.2, 0) is 11.3 Å². The van der Waals surface area contributed by atoms with Gasteiger partial charge in [0.15, 0.2) is 0 Å². The minimum atomic E-state index is -0.0762. The molecule has 1 unspecified atom stereocenters. The van der Waals surface area contributed by atoms with Gasteiger partial charge in [0.05, 0.1) is 4.88 Å². The van der Waals surface area contributed by atoms with Gasteiger partial charge < -0.3 is 9.80 Å². The molecule has 1 atom stereocenters. The van der Waals surface area contributed by atoms with Crippen molar-refractivity contribution in [1.29, 1.82) is 0 Å². The summed E-state index contributed by atoms with van der Waals surface area (Å²) < 4.78 is 0. The zero-order valence-corrected chi connectivity index (χ0v) is 17.0. The zero-order valence-electron chi connectivity index (χ0n) is 16.2. The second-order valence-corrected chi connectivity index (χ2v) is 8.73. The summed E-state index contributed by atoms with van der Waals surface area (Å²) in [6.07, 6.45) is 5.38. The zero-order chi connectivity index (χ0) is 19.4. The number of nitrogens with zero attached hydrogens (tertiary/aromatic N) is 3. The molecule has 3 heterocycles. The van der Waals surface area contributed by atoms with Gasteiger partial charge in [0.1, 0.15) is 0 Å². The molecule has 0 radical (unpaired) electrons. The second kappa shape index (κ2) is 8.65. The smallest absolute Gasteiger partial charge is 0.263 e. The number of piperidine rings is 1. The first-order valence-electron chi connectivity index (χ1n) is 9.51. The Balaban J connectivity index is 1.77. The lowest BCUT2D eigenvalue weighted by Gasteiger charge is -2.40. The molecule has 0 saturated carbocycles. The Hall–Kier alpha value is -2.21. The van der Waals surface area contributed by atoms with Crippen LogP contribution < -0.4 is 0 Å². The minimum absolute atomic E-state index is 0.0406. The summed E-state index contributed by atoms with van der Waals surface area (Å²) in [5, 5.41) is 0. The highest BCUT2D eigenvalue weighted by atomic mass is 32.1. The summed E-state index contributed by atoms with van der Waals surface area (Å²) in [5.74, 6) is 0.133. The van der Waals surface area contributed by atoms with Gasteiger partial charge in [0.25, 0.3) is 5.91 Å². The molecule has 2 amide bonds. The number of pyridine rings is 1. The Morgan fingerprint density at radius 1 is 1.33 bits per heavy atom. The Morgan fingerprint density at radius 2 is 2.15 bits per heavy atom. The molecule has 1 saturated heterocycles. The summed E-state index contributed by atoms with van der Waals surface area (Å²) in [6, 6.07) is 7.81. The number of carbonyl (C=O) groups excluding carboxylic acids is 2. The van der Waals surface area contributed by atoms with E-state index < -0.39 is 0 Å². The van der Waals surface area contributed by atoms with Crippen LogP contribution in [0, 0.1) is 12.8 Å². The Bertz CT molecular complexity index is 788. The van der Waals surface area contributed by atoms with E-state index in [-0.39, 0.29) is 23.8 Å². The standard InChI is InChI=1S/C21H27N3O2S/c1-15(2)20(25)24(13-17-6-4-10-22-12-17)18-7-5-11-23(14-18)21(26)19-9-8-16(3)27-19/h4,6,8-10,12,15,18H,5,7,11,13-14H2,1-3H3. The van der Waals surface area contributed by atoms with Crippen LogP contribution >= 0.6 is 11.3 Å². The van der Waals surface area contributed by atoms with Crippen LogP contribution in [0.25, 0.3) is 0 Å². The number of thiophene rings is 1. The van der Waals surface area contributed by atoms with Gasteiger partial charge in [-0.25, -0.2) is 0 Å². The summed E-state index contributed by atoms with van der Waals surface area (Å²) in [7, 11) is 0. The van der Waals surface area contributed by atoms with E-state index in [0.717, 1.165) is 34.7 Å². The van der Waals surface area contributed by atoms with Gasteiger partial charge >= 0.3 is 0 Å². The third-order valence-corrected chi connectivity index (χ3v) is 5.92. The van der Waals surface area contributed by atoms with Crippen molar-refractivity contribution in [3.8, 4) is 0 Å². The topological polar surface area (TPSA) is 53.5 Å². The van der Waals surface area contributed by atoms with Crippen LogP contribution in [0.4, 0.5) is 0 Å². The minimum Gasteiger partial charge on any atom is -0.336 e. The van der Waals surface area contributed by atoms with Crippen LogP contribution in [-0.4, -0.2) is 45.7 Å². The predicted molar refractivity (Wildman–Crippen MR) is 108 cm³/mol. The van der Waals surface area contributed by atoms with Gasteiger partial charge in [0.2, 0.25) is 5.91 Å². The maximum Gasteiger partial charge on any atom is 0.263 e. The van der Waals surface area contributed by atoms with Crippen molar-refractivity contribution in [2.24, 2.45) is 5.92 Å². The van der Waals surface area contributed by atoms with Gasteiger partial charge in [-0.05, 0) is 43.5 Å². The van der Waals surface area contributed by atoms with Crippen LogP contribution in [0.3, 0.4) is 0 Å². The Kier molecular flexibility index (Phi) is 6.26. The fourth-order valence-corrected chi connectivity index (χ4v) is 4.34. The summed E-state index contributed by atoms with van der Waals surface area (Å²) in [6.45, 7) is 7.75. The molecular weight excluding hydrogens is 358 g/mol. The van der Waals surface area contributed by atoms with E-state index in [1.54, 1.807) is 12.4 Å². The van der Waals surface area contributed by atoms with Crippen LogP contribution in [0.15, 0.2) is 36.7 Å². The highest BCUT2D eigenvalue weighted by Crippen LogP contribution is 2.24. The molecule has 0 spiro atoms. The predicted octanol–water partition coefficient (Wildman–Crippen LogP) is 3.74. The quantitative estimate of drug-likeness (QED) is 0.788. The SMILES string of the molecule is Cc1ccc(C(=O)N2CCCC(N(Cc3cccnc3)C(=O)C(C)C)C2)s1. The number of hydrogen-bond donors (Lipinski definition) is 0. The average molecular weight is 386 g/mol. The number of carbonyl (C=O) groups is 2. The number of hydrogen-bond acceptors (Lipinski definition) is 4. The molecule has 0 aromatic carbocycles. The highest BCUT2D eigenvalue weighted by molar-refractivity contribution is 7.13. The molecule has 6 heteroatoms. The molecule has 1 aliphatic heterocycles. The molecule has 5 nitrogen and oxygen atoms in total. The maximum atomic E-state index is 12.9. The van der Waals surface area contributed by atoms with Gasteiger partial charge in [-0.3, -0.25) is 14.6 Å². The lowest BCUT2D eigenvalue weighted by Crippen LogP contribution is -2.52. The monoisotopic (exact) mass is 385 g/mol. The van der Waals surface area contributed by atoms with Gasteiger partial charge in [-0.1, -0.05) is 19.9 Å². The molecular formula is C21H27N3O2S. The molecule has 2 aromatic heterocycles. The Morgan fingerprint density at radius 3 is 2.78 bits per heavy atom. The lowest BCUT2D eigenvalue weighted by atomic mass is 10.0. The van der Waals surface area contributed by atoms with Crippen molar-refractivity contribution in [1.82, 2.24) is 14.8 Å². The number of likely N-dealkylation sites (tertiary alicyclic amines) is 1. The summed E-state index contributed by atoms with van der Waals surface area (Å²) in [5.41, 5.74) is 1.02. The molecule has 1 fully saturated rings. The van der Waals surface area contributed by atoms with E-state index in [4.69, 9.17) is 0 Å². The maximum absolute atomic E-state index is 12.9. The Labute approximate surface area is 165 Å². The summed E-state index contributed by atoms with van der Waals surface area (Å²) >= 11 is 1.53. The molecule has 0 aliphatic carbocycles. The van der Waals surface area contributed by atoms with E-state index in [1.165, 1.54) is 11.3 Å². The molecule has 144 valence electrons. The number of amides is 2. The van der Waals surface area contributed by atoms with Crippen LogP contribution in [0.2, 0.25) is 0 Å². The van der Waals surface area contributed by atoms with E-state index in [1.807, 2.05) is 54.8 Å². The third-order valence-electron chi connectivity index (χ3n) is 4.93. The number of aromatic nitrogens is 1. The van der Waals surface area contributed by atoms with Crippen molar-refractivity contribution < 1.29 is 9.59 Å². The van der Waals surface area contributed by atoms with Crippen LogP contribution in [0.5, 0.6) is 0 Å². The van der Waals surface area contributed by atoms with Crippen molar-refractivity contribution >= 4 is 23.2 Å². The largest absolute Gasteiger partial charge is 0.336 e. The van der Waals surface area contributed by atoms with E-state index in [9.17, 15) is 9.59 Å². The summed E-state index contributed by atoms with van der Waals surface area (Å²) in [4.78, 5) is 35.7. The van der Waals surface area contributed by atoms with E-state index >= 15 is 0 Å². The lowest BCUT2D eigenvalue weighted by molar-refractivity contribution is -0.138. The molecule has 0 bridgehead atoms. The fraction of sp³-hybridized carbons (Fsp3) is 0.476. The first-order chi connectivity index (χ1) is 13.0. The van der Waals surface area contributed by atoms with Gasteiger partial charge in [-0.15, -0.1) is 11.3 Å². The van der Waals surface area contributed by atoms with Gasteiger partial charge in [-0.2, -0.15) is 0 Å². The van der Waals surface area contributed by atoms with Crippen molar-refractivity contribution in [2.75, 3.05) is 13.1 Å². The van der Waals surface area contributed by atoms with Crippen molar-refractivity contribution in [3.63, 3.8) is 0 Å². The highest BCUT2D eigenvalue weighted by Gasteiger charge is 2.32. The van der Waals surface area contributed by atoms with Crippen molar-refractivity contribution in [3.05, 3.63) is 52.0 Å². The fourth-order valence-electron chi connectivity index (χ4n) is 3.51. The number of aryl methyl sites for hydroxylation is 1. The molecule has 1 aliphatic rings. The van der Waals surface area contributed by atoms with E-state index in [2.05, 4.69) is 4.98 Å². The van der Waals surface area contributed by atoms with Gasteiger partial charge in [0, 0.05) is 48.9 Å². The molecule has 3 rings (SSSR count). The molecule has 0 N–H and O–H groups in total. The number of rotatable bonds is 5. The first kappa shape index (κ1) is 19.5. The van der Waals surface area contributed by atoms with Crippen LogP contribution in [0.1, 0.15) is 46.8 Å². The van der Waals surface area contributed by atoms with Crippen molar-refractivity contribution in [2.45, 2.75) is 46.2 Å². The molecule has 2 aromatic rings. The second-order valence-electron chi connectivity index (χ2n) is 7.44. The van der Waals surface area contributed by atoms with E-state index in [0.29, 0.717) is 13.1 Å².